The molecule has 0 unspecified atom stereocenters. The number of methoxy groups -OCH3 is 1. The Bertz CT molecular complexity index is 1200. The number of carbonyl (C=O) groups excluding carboxylic acids is 1. The molecule has 168 valence electrons. The van der Waals surface area contributed by atoms with Crippen LogP contribution in [0.5, 0.6) is 11.5 Å². The van der Waals surface area contributed by atoms with Gasteiger partial charge in [-0.05, 0) is 41.8 Å². The zero-order valence-corrected chi connectivity index (χ0v) is 20.4. The van der Waals surface area contributed by atoms with Crippen molar-refractivity contribution in [1.82, 2.24) is 4.90 Å². The molecule has 1 heterocycles. The minimum Gasteiger partial charge on any atom is -0.493 e. The number of ether oxygens (including phenoxy) is 2. The lowest BCUT2D eigenvalue weighted by atomic mass is 10.1. The average molecular weight is 496 g/mol. The Morgan fingerprint density at radius 1 is 1.03 bits per heavy atom. The van der Waals surface area contributed by atoms with Crippen LogP contribution >= 0.6 is 35.6 Å². The van der Waals surface area contributed by atoms with Crippen molar-refractivity contribution in [2.24, 2.45) is 0 Å². The Hall–Kier alpha value is -2.80. The lowest BCUT2D eigenvalue weighted by Crippen LogP contribution is -2.30. The summed E-state index contributed by atoms with van der Waals surface area (Å²) in [5.41, 5.74) is 2.90. The van der Waals surface area contributed by atoms with Crippen LogP contribution in [0.2, 0.25) is 5.02 Å². The van der Waals surface area contributed by atoms with Crippen molar-refractivity contribution in [3.8, 4) is 11.5 Å². The zero-order chi connectivity index (χ0) is 23.2. The molecule has 0 bridgehead atoms. The van der Waals surface area contributed by atoms with E-state index < -0.39 is 0 Å². The van der Waals surface area contributed by atoms with Gasteiger partial charge in [0.15, 0.2) is 11.5 Å². The first-order chi connectivity index (χ1) is 16.0. The molecule has 3 aromatic rings. The minimum atomic E-state index is -0.0704. The van der Waals surface area contributed by atoms with E-state index in [1.165, 1.54) is 17.3 Å². The fourth-order valence-corrected chi connectivity index (χ4v) is 4.89. The number of thiocarbonyl (C=S) groups is 1. The number of amides is 1. The van der Waals surface area contributed by atoms with Gasteiger partial charge in [0, 0.05) is 17.1 Å². The highest BCUT2D eigenvalue weighted by molar-refractivity contribution is 8.26. The molecule has 33 heavy (non-hydrogen) atoms. The molecule has 4 rings (SSSR count). The number of halogens is 1. The highest BCUT2D eigenvalue weighted by Gasteiger charge is 2.31. The van der Waals surface area contributed by atoms with E-state index in [0.717, 1.165) is 17.5 Å². The Morgan fingerprint density at radius 2 is 1.79 bits per heavy atom. The highest BCUT2D eigenvalue weighted by atomic mass is 35.5. The van der Waals surface area contributed by atoms with Crippen LogP contribution in [0, 0.1) is 0 Å². The summed E-state index contributed by atoms with van der Waals surface area (Å²) in [6.07, 6.45) is 2.59. The molecule has 0 atom stereocenters. The summed E-state index contributed by atoms with van der Waals surface area (Å²) < 4.78 is 12.0. The van der Waals surface area contributed by atoms with Crippen LogP contribution in [0.4, 0.5) is 0 Å². The maximum atomic E-state index is 12.9. The summed E-state index contributed by atoms with van der Waals surface area (Å²) in [5, 5.41) is 0.655. The third kappa shape index (κ3) is 5.77. The summed E-state index contributed by atoms with van der Waals surface area (Å²) in [7, 11) is 1.59. The Kier molecular flexibility index (Phi) is 7.70. The van der Waals surface area contributed by atoms with E-state index in [1.807, 2.05) is 66.7 Å². The number of benzene rings is 3. The van der Waals surface area contributed by atoms with Crippen molar-refractivity contribution in [3.63, 3.8) is 0 Å². The van der Waals surface area contributed by atoms with Gasteiger partial charge >= 0.3 is 0 Å². The fraction of sp³-hybridized carbons (Fsp3) is 0.154. The van der Waals surface area contributed by atoms with Gasteiger partial charge in [-0.2, -0.15) is 0 Å². The van der Waals surface area contributed by atoms with Crippen LogP contribution in [-0.2, 0) is 17.8 Å². The molecule has 1 aliphatic rings. The molecule has 1 aliphatic heterocycles. The summed E-state index contributed by atoms with van der Waals surface area (Å²) >= 11 is 13.0. The van der Waals surface area contributed by atoms with Crippen LogP contribution in [0.15, 0.2) is 77.7 Å². The summed E-state index contributed by atoms with van der Waals surface area (Å²) in [4.78, 5) is 15.2. The van der Waals surface area contributed by atoms with Crippen molar-refractivity contribution < 1.29 is 14.3 Å². The van der Waals surface area contributed by atoms with E-state index in [0.29, 0.717) is 38.9 Å². The van der Waals surface area contributed by atoms with E-state index >= 15 is 0 Å². The lowest BCUT2D eigenvalue weighted by Gasteiger charge is -2.14. The van der Waals surface area contributed by atoms with E-state index in [4.69, 9.17) is 33.3 Å². The second kappa shape index (κ2) is 10.9. The molecule has 1 fully saturated rings. The first-order valence-electron chi connectivity index (χ1n) is 10.4. The van der Waals surface area contributed by atoms with Crippen molar-refractivity contribution in [3.05, 3.63) is 99.4 Å². The molecule has 1 saturated heterocycles. The second-order valence-corrected chi connectivity index (χ2v) is 9.44. The van der Waals surface area contributed by atoms with Crippen LogP contribution in [0.3, 0.4) is 0 Å². The van der Waals surface area contributed by atoms with Gasteiger partial charge in [0.1, 0.15) is 10.9 Å². The second-order valence-electron chi connectivity index (χ2n) is 7.36. The molecule has 0 N–H and O–H groups in total. The molecule has 0 aliphatic carbocycles. The first-order valence-corrected chi connectivity index (χ1v) is 12.0. The van der Waals surface area contributed by atoms with Crippen molar-refractivity contribution in [1.29, 1.82) is 0 Å². The first kappa shape index (κ1) is 23.4. The predicted octanol–water partition coefficient (Wildman–Crippen LogP) is 6.37. The molecular weight excluding hydrogens is 474 g/mol. The van der Waals surface area contributed by atoms with Crippen molar-refractivity contribution in [2.75, 3.05) is 13.7 Å². The normalized spacial score (nSPS) is 14.7. The van der Waals surface area contributed by atoms with Gasteiger partial charge in [0.25, 0.3) is 5.91 Å². The number of hydrogen-bond acceptors (Lipinski definition) is 5. The van der Waals surface area contributed by atoms with E-state index in [9.17, 15) is 4.79 Å². The quantitative estimate of drug-likeness (QED) is 0.268. The maximum absolute atomic E-state index is 12.9. The SMILES string of the molecule is COc1cc(/C=C2\SC(=S)N(CCc3ccccc3)C2=O)ccc1OCc1ccccc1Cl. The third-order valence-corrected chi connectivity index (χ3v) is 6.91. The van der Waals surface area contributed by atoms with Gasteiger partial charge in [0.05, 0.1) is 12.0 Å². The molecule has 3 aromatic carbocycles. The topological polar surface area (TPSA) is 38.8 Å². The van der Waals surface area contributed by atoms with Crippen LogP contribution in [-0.4, -0.2) is 28.8 Å². The average Bonchev–Trinajstić information content (AvgIpc) is 3.10. The van der Waals surface area contributed by atoms with Gasteiger partial charge in [0.2, 0.25) is 0 Å². The van der Waals surface area contributed by atoms with Crippen LogP contribution < -0.4 is 9.47 Å². The number of carbonyl (C=O) groups is 1. The summed E-state index contributed by atoms with van der Waals surface area (Å²) in [6, 6.07) is 23.2. The Balaban J connectivity index is 1.45. The fourth-order valence-electron chi connectivity index (χ4n) is 3.39. The minimum absolute atomic E-state index is 0.0704. The smallest absolute Gasteiger partial charge is 0.266 e. The molecule has 7 heteroatoms. The monoisotopic (exact) mass is 495 g/mol. The molecule has 0 saturated carbocycles. The summed E-state index contributed by atoms with van der Waals surface area (Å²) in [6.45, 7) is 0.889. The molecule has 4 nitrogen and oxygen atoms in total. The Morgan fingerprint density at radius 3 is 2.55 bits per heavy atom. The van der Waals surface area contributed by atoms with Crippen LogP contribution in [0.25, 0.3) is 6.08 Å². The van der Waals surface area contributed by atoms with Gasteiger partial charge in [-0.1, -0.05) is 90.2 Å². The summed E-state index contributed by atoms with van der Waals surface area (Å²) in [5.74, 6) is 1.11. The lowest BCUT2D eigenvalue weighted by molar-refractivity contribution is -0.122. The van der Waals surface area contributed by atoms with Crippen LogP contribution in [0.1, 0.15) is 16.7 Å². The third-order valence-electron chi connectivity index (χ3n) is 5.17. The van der Waals surface area contributed by atoms with E-state index in [2.05, 4.69) is 12.1 Å². The molecule has 0 radical (unpaired) electrons. The number of nitrogens with zero attached hydrogens (tertiary/aromatic N) is 1. The Labute approximate surface area is 208 Å². The molecule has 0 spiro atoms. The number of hydrogen-bond donors (Lipinski definition) is 0. The van der Waals surface area contributed by atoms with E-state index in [-0.39, 0.29) is 5.91 Å². The van der Waals surface area contributed by atoms with Gasteiger partial charge in [-0.15, -0.1) is 0 Å². The molecule has 1 amide bonds. The largest absolute Gasteiger partial charge is 0.493 e. The zero-order valence-electron chi connectivity index (χ0n) is 18.0. The molecular formula is C26H22ClNO3S2. The maximum Gasteiger partial charge on any atom is 0.266 e. The number of thioether (sulfide) groups is 1. The van der Waals surface area contributed by atoms with Crippen molar-refractivity contribution in [2.45, 2.75) is 13.0 Å². The van der Waals surface area contributed by atoms with Gasteiger partial charge in [-0.3, -0.25) is 9.69 Å². The predicted molar refractivity (Wildman–Crippen MR) is 139 cm³/mol. The highest BCUT2D eigenvalue weighted by Crippen LogP contribution is 2.35. The van der Waals surface area contributed by atoms with Gasteiger partial charge in [-0.25, -0.2) is 0 Å². The number of rotatable bonds is 8. The van der Waals surface area contributed by atoms with Crippen molar-refractivity contribution >= 4 is 51.9 Å². The standard InChI is InChI=1S/C26H22ClNO3S2/c1-30-23-15-19(11-12-22(23)31-17-20-9-5-6-10-21(20)27)16-24-25(29)28(26(32)33-24)14-13-18-7-3-2-4-8-18/h2-12,15-16H,13-14,17H2,1H3/b24-16-. The van der Waals surface area contributed by atoms with Gasteiger partial charge < -0.3 is 9.47 Å². The van der Waals surface area contributed by atoms with E-state index in [1.54, 1.807) is 12.0 Å². The molecule has 0 aromatic heterocycles.